The molecule has 0 saturated heterocycles. The maximum Gasteiger partial charge on any atom is 0.343 e. The Morgan fingerprint density at radius 2 is 1.26 bits per heavy atom. The maximum atomic E-state index is 12.5. The molecule has 0 N–H and O–H groups in total. The highest BCUT2D eigenvalue weighted by Crippen LogP contribution is 2.22. The van der Waals surface area contributed by atoms with Gasteiger partial charge in [-0.2, -0.15) is 0 Å². The molecular formula is C31H46O3. The fraction of sp³-hybridized carbons (Fsp3) is 0.581. The quantitative estimate of drug-likeness (QED) is 0.125. The minimum absolute atomic E-state index is 0.0409. The molecule has 0 aliphatic heterocycles. The zero-order chi connectivity index (χ0) is 24.4. The summed E-state index contributed by atoms with van der Waals surface area (Å²) in [5.74, 6) is 0.247. The predicted molar refractivity (Wildman–Crippen MR) is 143 cm³/mol. The summed E-state index contributed by atoms with van der Waals surface area (Å²) < 4.78 is 11.6. The van der Waals surface area contributed by atoms with Gasteiger partial charge in [-0.3, -0.25) is 0 Å². The molecule has 0 saturated carbocycles. The van der Waals surface area contributed by atoms with Crippen molar-refractivity contribution in [2.24, 2.45) is 0 Å². The highest BCUT2D eigenvalue weighted by Gasteiger charge is 2.10. The molecule has 0 aliphatic carbocycles. The van der Waals surface area contributed by atoms with Gasteiger partial charge in [-0.15, -0.1) is 0 Å². The molecule has 3 nitrogen and oxygen atoms in total. The lowest BCUT2D eigenvalue weighted by Gasteiger charge is -2.14. The Morgan fingerprint density at radius 1 is 0.706 bits per heavy atom. The number of aryl methyl sites for hydroxylation is 1. The smallest absolute Gasteiger partial charge is 0.343 e. The normalized spacial score (nSPS) is 12.0. The van der Waals surface area contributed by atoms with E-state index in [0.717, 1.165) is 25.0 Å². The number of benzene rings is 2. The fourth-order valence-electron chi connectivity index (χ4n) is 4.13. The monoisotopic (exact) mass is 466 g/mol. The molecule has 0 radical (unpaired) electrons. The van der Waals surface area contributed by atoms with Gasteiger partial charge < -0.3 is 9.47 Å². The molecule has 0 heterocycles. The van der Waals surface area contributed by atoms with Crippen molar-refractivity contribution in [2.45, 2.75) is 110 Å². The Balaban J connectivity index is 1.67. The van der Waals surface area contributed by atoms with Gasteiger partial charge in [-0.25, -0.2) is 4.79 Å². The zero-order valence-corrected chi connectivity index (χ0v) is 21.8. The molecule has 0 amide bonds. The highest BCUT2D eigenvalue weighted by molar-refractivity contribution is 5.91. The van der Waals surface area contributed by atoms with E-state index in [1.54, 1.807) is 0 Å². The maximum absolute atomic E-state index is 12.5. The highest BCUT2D eigenvalue weighted by atomic mass is 16.5. The van der Waals surface area contributed by atoms with Crippen molar-refractivity contribution in [1.29, 1.82) is 0 Å². The number of esters is 1. The molecule has 0 aliphatic rings. The number of unbranched alkanes of at least 4 members (excludes halogenated alkanes) is 10. The van der Waals surface area contributed by atoms with E-state index in [-0.39, 0.29) is 12.1 Å². The molecule has 1 atom stereocenters. The molecule has 0 aromatic heterocycles. The summed E-state index contributed by atoms with van der Waals surface area (Å²) in [6.45, 7) is 7.35. The minimum Gasteiger partial charge on any atom is -0.423 e. The van der Waals surface area contributed by atoms with Crippen LogP contribution >= 0.6 is 0 Å². The molecule has 188 valence electrons. The van der Waals surface area contributed by atoms with E-state index in [4.69, 9.17) is 9.47 Å². The van der Waals surface area contributed by atoms with Crippen LogP contribution in [-0.2, 0) is 11.2 Å². The van der Waals surface area contributed by atoms with Crippen LogP contribution in [0.25, 0.3) is 0 Å². The van der Waals surface area contributed by atoms with E-state index >= 15 is 0 Å². The number of hydrogen-bond acceptors (Lipinski definition) is 3. The molecule has 3 heteroatoms. The van der Waals surface area contributed by atoms with E-state index in [2.05, 4.69) is 20.8 Å². The third kappa shape index (κ3) is 11.3. The number of hydrogen-bond donors (Lipinski definition) is 0. The summed E-state index contributed by atoms with van der Waals surface area (Å²) in [5.41, 5.74) is 2.97. The first-order chi connectivity index (χ1) is 16.6. The SMILES string of the molecule is CCCCCCCCCCOC(C)c1ccc(OC(=O)c2ccc(CCCCCC)cc2)cc1. The van der Waals surface area contributed by atoms with Crippen LogP contribution in [0.5, 0.6) is 5.75 Å². The second kappa shape index (κ2) is 17.3. The third-order valence-corrected chi connectivity index (χ3v) is 6.43. The Hall–Kier alpha value is -2.13. The van der Waals surface area contributed by atoms with E-state index in [1.165, 1.54) is 76.2 Å². The van der Waals surface area contributed by atoms with Crippen LogP contribution in [0.2, 0.25) is 0 Å². The van der Waals surface area contributed by atoms with Gasteiger partial charge in [-0.05, 0) is 61.6 Å². The predicted octanol–water partition coefficient (Wildman–Crippen LogP) is 9.25. The van der Waals surface area contributed by atoms with E-state index < -0.39 is 0 Å². The molecule has 2 aromatic carbocycles. The molecule has 2 rings (SSSR count). The van der Waals surface area contributed by atoms with Gasteiger partial charge in [-0.1, -0.05) is 102 Å². The van der Waals surface area contributed by atoms with Gasteiger partial charge in [0.1, 0.15) is 5.75 Å². The lowest BCUT2D eigenvalue weighted by molar-refractivity contribution is 0.0627. The van der Waals surface area contributed by atoms with Gasteiger partial charge >= 0.3 is 5.97 Å². The Bertz CT molecular complexity index is 779. The van der Waals surface area contributed by atoms with Crippen molar-refractivity contribution < 1.29 is 14.3 Å². The average Bonchev–Trinajstić information content (AvgIpc) is 2.86. The lowest BCUT2D eigenvalue weighted by atomic mass is 10.0. The average molecular weight is 467 g/mol. The zero-order valence-electron chi connectivity index (χ0n) is 21.8. The van der Waals surface area contributed by atoms with E-state index in [9.17, 15) is 4.79 Å². The van der Waals surface area contributed by atoms with Gasteiger partial charge in [0, 0.05) is 6.61 Å². The summed E-state index contributed by atoms with van der Waals surface area (Å²) >= 11 is 0. The van der Waals surface area contributed by atoms with Crippen LogP contribution in [0, 0.1) is 0 Å². The second-order valence-corrected chi connectivity index (χ2v) is 9.45. The number of carbonyl (C=O) groups excluding carboxylic acids is 1. The molecule has 0 fully saturated rings. The molecule has 34 heavy (non-hydrogen) atoms. The topological polar surface area (TPSA) is 35.5 Å². The molecular weight excluding hydrogens is 420 g/mol. The Labute approximate surface area is 208 Å². The summed E-state index contributed by atoms with van der Waals surface area (Å²) in [6, 6.07) is 15.5. The van der Waals surface area contributed by atoms with Crippen molar-refractivity contribution in [3.8, 4) is 5.75 Å². The van der Waals surface area contributed by atoms with Crippen molar-refractivity contribution >= 4 is 5.97 Å². The van der Waals surface area contributed by atoms with E-state index in [1.807, 2.05) is 48.5 Å². The third-order valence-electron chi connectivity index (χ3n) is 6.43. The van der Waals surface area contributed by atoms with E-state index in [0.29, 0.717) is 11.3 Å². The summed E-state index contributed by atoms with van der Waals surface area (Å²) in [4.78, 5) is 12.5. The Morgan fingerprint density at radius 3 is 1.88 bits per heavy atom. The van der Waals surface area contributed by atoms with Crippen molar-refractivity contribution in [3.63, 3.8) is 0 Å². The number of carbonyl (C=O) groups is 1. The summed E-state index contributed by atoms with van der Waals surface area (Å²) in [7, 11) is 0. The van der Waals surface area contributed by atoms with Crippen LogP contribution in [0.3, 0.4) is 0 Å². The summed E-state index contributed by atoms with van der Waals surface area (Å²) in [5, 5.41) is 0. The molecule has 0 bridgehead atoms. The molecule has 1 unspecified atom stereocenters. The largest absolute Gasteiger partial charge is 0.423 e. The summed E-state index contributed by atoms with van der Waals surface area (Å²) in [6.07, 6.45) is 16.5. The number of ether oxygens (including phenoxy) is 2. The van der Waals surface area contributed by atoms with Crippen LogP contribution in [0.1, 0.15) is 125 Å². The van der Waals surface area contributed by atoms with Crippen LogP contribution in [0.15, 0.2) is 48.5 Å². The standard InChI is InChI=1S/C31H46O3/c1-4-6-8-10-11-12-13-15-25-33-26(3)28-21-23-30(24-22-28)34-31(32)29-19-17-27(18-20-29)16-14-9-7-5-2/h17-24,26H,4-16,25H2,1-3H3. The number of rotatable bonds is 18. The molecule has 2 aromatic rings. The lowest BCUT2D eigenvalue weighted by Crippen LogP contribution is -2.08. The second-order valence-electron chi connectivity index (χ2n) is 9.45. The van der Waals surface area contributed by atoms with Gasteiger partial charge in [0.2, 0.25) is 0 Å². The van der Waals surface area contributed by atoms with Gasteiger partial charge in [0.15, 0.2) is 0 Å². The van der Waals surface area contributed by atoms with Crippen LogP contribution in [-0.4, -0.2) is 12.6 Å². The van der Waals surface area contributed by atoms with Gasteiger partial charge in [0.05, 0.1) is 11.7 Å². The first-order valence-corrected chi connectivity index (χ1v) is 13.7. The van der Waals surface area contributed by atoms with Gasteiger partial charge in [0.25, 0.3) is 0 Å². The first-order valence-electron chi connectivity index (χ1n) is 13.7. The van der Waals surface area contributed by atoms with Crippen molar-refractivity contribution in [2.75, 3.05) is 6.61 Å². The van der Waals surface area contributed by atoms with Crippen molar-refractivity contribution in [1.82, 2.24) is 0 Å². The van der Waals surface area contributed by atoms with Crippen LogP contribution < -0.4 is 4.74 Å². The van der Waals surface area contributed by atoms with Crippen LogP contribution in [0.4, 0.5) is 0 Å². The Kier molecular flexibility index (Phi) is 14.3. The fourth-order valence-corrected chi connectivity index (χ4v) is 4.13. The minimum atomic E-state index is -0.315. The first kappa shape index (κ1) is 28.1. The molecule has 0 spiro atoms. The van der Waals surface area contributed by atoms with Crippen molar-refractivity contribution in [3.05, 3.63) is 65.2 Å².